The smallest absolute Gasteiger partial charge is 0.338 e. The van der Waals surface area contributed by atoms with E-state index in [0.717, 1.165) is 0 Å². The largest absolute Gasteiger partial charge is 0.465 e. The molecule has 1 heterocycles. The molecule has 2 N–H and O–H groups in total. The van der Waals surface area contributed by atoms with Gasteiger partial charge in [0, 0.05) is 18.3 Å². The number of nitrogens with zero attached hydrogens (tertiary/aromatic N) is 1. The second-order valence-corrected chi connectivity index (χ2v) is 4.07. The van der Waals surface area contributed by atoms with Crippen molar-refractivity contribution in [3.8, 4) is 0 Å². The molecule has 2 rings (SSSR count). The molecule has 0 spiro atoms. The van der Waals surface area contributed by atoms with E-state index in [4.69, 9.17) is 10.5 Å². The van der Waals surface area contributed by atoms with Gasteiger partial charge in [-0.25, -0.2) is 4.79 Å². The van der Waals surface area contributed by atoms with Crippen LogP contribution in [0.1, 0.15) is 39.2 Å². The van der Waals surface area contributed by atoms with Gasteiger partial charge in [0.2, 0.25) is 0 Å². The zero-order chi connectivity index (χ0) is 12.7. The zero-order valence-electron chi connectivity index (χ0n) is 9.98. The summed E-state index contributed by atoms with van der Waals surface area (Å²) in [5, 5.41) is 0. The first-order valence-corrected chi connectivity index (χ1v) is 5.27. The van der Waals surface area contributed by atoms with Crippen molar-refractivity contribution >= 4 is 17.6 Å². The van der Waals surface area contributed by atoms with E-state index < -0.39 is 5.97 Å². The van der Waals surface area contributed by atoms with Crippen molar-refractivity contribution in [1.82, 2.24) is 4.90 Å². The summed E-state index contributed by atoms with van der Waals surface area (Å²) in [7, 11) is 3.00. The van der Waals surface area contributed by atoms with Crippen molar-refractivity contribution in [2.24, 2.45) is 0 Å². The molecular weight excluding hydrogens is 220 g/mol. The Morgan fingerprint density at radius 1 is 1.47 bits per heavy atom. The predicted octanol–water partition coefficient (Wildman–Crippen LogP) is 1.20. The molecule has 0 saturated heterocycles. The number of nitrogens with two attached hydrogens (primary N) is 1. The van der Waals surface area contributed by atoms with E-state index in [0.29, 0.717) is 22.4 Å². The van der Waals surface area contributed by atoms with Gasteiger partial charge >= 0.3 is 5.97 Å². The highest BCUT2D eigenvalue weighted by molar-refractivity contribution is 6.07. The van der Waals surface area contributed by atoms with Crippen LogP contribution in [0.25, 0.3) is 0 Å². The lowest BCUT2D eigenvalue weighted by Crippen LogP contribution is -2.21. The van der Waals surface area contributed by atoms with Crippen LogP contribution in [0.15, 0.2) is 12.1 Å². The Morgan fingerprint density at radius 2 is 2.12 bits per heavy atom. The number of rotatable bonds is 1. The fourth-order valence-electron chi connectivity index (χ4n) is 2.14. The van der Waals surface area contributed by atoms with E-state index in [1.54, 1.807) is 24.1 Å². The second-order valence-electron chi connectivity index (χ2n) is 4.07. The average Bonchev–Trinajstić information content (AvgIpc) is 2.55. The molecule has 0 saturated carbocycles. The molecule has 1 unspecified atom stereocenters. The third-order valence-corrected chi connectivity index (χ3v) is 3.22. The Balaban J connectivity index is 2.70. The van der Waals surface area contributed by atoms with Gasteiger partial charge in [-0.2, -0.15) is 0 Å². The maximum atomic E-state index is 12.0. The molecule has 0 fully saturated rings. The monoisotopic (exact) mass is 234 g/mol. The van der Waals surface area contributed by atoms with Crippen molar-refractivity contribution in [3.05, 3.63) is 28.8 Å². The number of methoxy groups -OCH3 is 1. The first kappa shape index (κ1) is 11.4. The van der Waals surface area contributed by atoms with E-state index in [1.807, 2.05) is 6.92 Å². The van der Waals surface area contributed by atoms with E-state index in [-0.39, 0.29) is 11.9 Å². The third kappa shape index (κ3) is 1.46. The second kappa shape index (κ2) is 3.76. The highest BCUT2D eigenvalue weighted by atomic mass is 16.5. The molecule has 5 heteroatoms. The minimum Gasteiger partial charge on any atom is -0.465 e. The van der Waals surface area contributed by atoms with Crippen LogP contribution in [-0.2, 0) is 4.74 Å². The fraction of sp³-hybridized carbons (Fsp3) is 0.333. The van der Waals surface area contributed by atoms with Crippen LogP contribution in [-0.4, -0.2) is 30.9 Å². The van der Waals surface area contributed by atoms with Gasteiger partial charge in [0.05, 0.1) is 24.3 Å². The molecule has 1 aliphatic heterocycles. The molecule has 90 valence electrons. The van der Waals surface area contributed by atoms with Gasteiger partial charge in [0.25, 0.3) is 5.91 Å². The summed E-state index contributed by atoms with van der Waals surface area (Å²) in [5.74, 6) is -0.605. The molecule has 1 aromatic rings. The maximum absolute atomic E-state index is 12.0. The van der Waals surface area contributed by atoms with Gasteiger partial charge in [0.1, 0.15) is 0 Å². The van der Waals surface area contributed by atoms with Gasteiger partial charge in [-0.15, -0.1) is 0 Å². The number of benzene rings is 1. The van der Waals surface area contributed by atoms with E-state index in [9.17, 15) is 9.59 Å². The summed E-state index contributed by atoms with van der Waals surface area (Å²) >= 11 is 0. The van der Waals surface area contributed by atoms with E-state index in [2.05, 4.69) is 0 Å². The Kier molecular flexibility index (Phi) is 2.53. The van der Waals surface area contributed by atoms with Crippen molar-refractivity contribution < 1.29 is 14.3 Å². The average molecular weight is 234 g/mol. The number of ether oxygens (including phenoxy) is 1. The van der Waals surface area contributed by atoms with Gasteiger partial charge in [-0.05, 0) is 19.1 Å². The van der Waals surface area contributed by atoms with Crippen molar-refractivity contribution in [1.29, 1.82) is 0 Å². The number of anilines is 1. The summed E-state index contributed by atoms with van der Waals surface area (Å²) in [4.78, 5) is 25.2. The highest BCUT2D eigenvalue weighted by Gasteiger charge is 2.36. The molecule has 0 radical (unpaired) electrons. The van der Waals surface area contributed by atoms with Crippen LogP contribution in [0.5, 0.6) is 0 Å². The number of hydrogen-bond acceptors (Lipinski definition) is 4. The number of carbonyl (C=O) groups excluding carboxylic acids is 2. The molecule has 1 atom stereocenters. The lowest BCUT2D eigenvalue weighted by Gasteiger charge is -2.16. The molecule has 1 amide bonds. The van der Waals surface area contributed by atoms with E-state index >= 15 is 0 Å². The first-order chi connectivity index (χ1) is 7.99. The fourth-order valence-corrected chi connectivity index (χ4v) is 2.14. The SMILES string of the molecule is COC(=O)c1ccc(N)c2c1C(C)N(C)C2=O. The summed E-state index contributed by atoms with van der Waals surface area (Å²) < 4.78 is 4.71. The molecule has 17 heavy (non-hydrogen) atoms. The third-order valence-electron chi connectivity index (χ3n) is 3.22. The highest BCUT2D eigenvalue weighted by Crippen LogP contribution is 2.37. The number of carbonyl (C=O) groups is 2. The molecule has 0 aliphatic carbocycles. The van der Waals surface area contributed by atoms with Gasteiger partial charge in [-0.3, -0.25) is 4.79 Å². The lowest BCUT2D eigenvalue weighted by molar-refractivity contribution is 0.0596. The molecule has 1 aromatic carbocycles. The minimum absolute atomic E-state index is 0.157. The Labute approximate surface area is 99.2 Å². The molecular formula is C12H14N2O3. The number of esters is 1. The molecule has 1 aliphatic rings. The van der Waals surface area contributed by atoms with Crippen LogP contribution < -0.4 is 5.73 Å². The van der Waals surface area contributed by atoms with Crippen molar-refractivity contribution in [3.63, 3.8) is 0 Å². The van der Waals surface area contributed by atoms with Gasteiger partial charge < -0.3 is 15.4 Å². The van der Waals surface area contributed by atoms with Crippen molar-refractivity contribution in [2.45, 2.75) is 13.0 Å². The standard InChI is InChI=1S/C12H14N2O3/c1-6-9-7(12(16)17-3)4-5-8(13)10(9)11(15)14(6)2/h4-6H,13H2,1-3H3. The van der Waals surface area contributed by atoms with E-state index in [1.165, 1.54) is 7.11 Å². The van der Waals surface area contributed by atoms with Crippen LogP contribution >= 0.6 is 0 Å². The topological polar surface area (TPSA) is 72.6 Å². The number of nitrogen functional groups attached to an aromatic ring is 1. The summed E-state index contributed by atoms with van der Waals surface area (Å²) in [6.45, 7) is 1.86. The quantitative estimate of drug-likeness (QED) is 0.585. The van der Waals surface area contributed by atoms with Crippen LogP contribution in [0.3, 0.4) is 0 Å². The maximum Gasteiger partial charge on any atom is 0.338 e. The van der Waals surface area contributed by atoms with Crippen molar-refractivity contribution in [2.75, 3.05) is 19.9 Å². The molecule has 0 bridgehead atoms. The number of hydrogen-bond donors (Lipinski definition) is 1. The number of amides is 1. The van der Waals surface area contributed by atoms with Gasteiger partial charge in [-0.1, -0.05) is 0 Å². The molecule has 5 nitrogen and oxygen atoms in total. The van der Waals surface area contributed by atoms with Crippen LogP contribution in [0.2, 0.25) is 0 Å². The van der Waals surface area contributed by atoms with Gasteiger partial charge in [0.15, 0.2) is 0 Å². The lowest BCUT2D eigenvalue weighted by atomic mass is 9.97. The minimum atomic E-state index is -0.448. The van der Waals surface area contributed by atoms with Crippen LogP contribution in [0, 0.1) is 0 Å². The summed E-state index contributed by atoms with van der Waals surface area (Å²) in [5.41, 5.74) is 7.68. The van der Waals surface area contributed by atoms with Crippen LogP contribution in [0.4, 0.5) is 5.69 Å². The Morgan fingerprint density at radius 3 is 2.71 bits per heavy atom. The normalized spacial score (nSPS) is 18.2. The first-order valence-electron chi connectivity index (χ1n) is 5.27. The molecule has 0 aromatic heterocycles. The summed E-state index contributed by atoms with van der Waals surface area (Å²) in [6.07, 6.45) is 0. The predicted molar refractivity (Wildman–Crippen MR) is 62.7 cm³/mol. The zero-order valence-corrected chi connectivity index (χ0v) is 9.98. The summed E-state index contributed by atoms with van der Waals surface area (Å²) in [6, 6.07) is 2.99. The number of fused-ring (bicyclic) bond motifs is 1. The Bertz CT molecular complexity index is 511. The Hall–Kier alpha value is -2.04.